The maximum atomic E-state index is 12.1. The highest BCUT2D eigenvalue weighted by Gasteiger charge is 2.09. The summed E-state index contributed by atoms with van der Waals surface area (Å²) in [6.07, 6.45) is 3.14. The van der Waals surface area contributed by atoms with E-state index in [1.54, 1.807) is 25.3 Å². The fourth-order valence-electron chi connectivity index (χ4n) is 2.07. The second-order valence-electron chi connectivity index (χ2n) is 4.87. The summed E-state index contributed by atoms with van der Waals surface area (Å²) in [5, 5.41) is 3.37. The molecule has 0 aliphatic rings. The fraction of sp³-hybridized carbons (Fsp3) is 0.167. The molecule has 0 saturated heterocycles. The molecule has 0 spiro atoms. The highest BCUT2D eigenvalue weighted by Crippen LogP contribution is 2.31. The van der Waals surface area contributed by atoms with Crippen LogP contribution < -0.4 is 14.8 Å². The molecule has 0 saturated carbocycles. The first-order valence-corrected chi connectivity index (χ1v) is 7.39. The third-order valence-corrected chi connectivity index (χ3v) is 3.70. The molecule has 0 aromatic heterocycles. The second-order valence-corrected chi connectivity index (χ2v) is 5.27. The highest BCUT2D eigenvalue weighted by molar-refractivity contribution is 6.31. The molecule has 0 radical (unpaired) electrons. The molecule has 5 heteroatoms. The zero-order chi connectivity index (χ0) is 16.8. The van der Waals surface area contributed by atoms with Crippen LogP contribution in [-0.2, 0) is 4.79 Å². The van der Waals surface area contributed by atoms with Crippen LogP contribution in [0.25, 0.3) is 6.08 Å². The van der Waals surface area contributed by atoms with E-state index in [9.17, 15) is 4.79 Å². The van der Waals surface area contributed by atoms with Crippen LogP contribution in [0.2, 0.25) is 5.02 Å². The number of halogens is 1. The summed E-state index contributed by atoms with van der Waals surface area (Å²) in [5.41, 5.74) is 2.25. The molecule has 1 amide bonds. The fourth-order valence-corrected chi connectivity index (χ4v) is 2.23. The van der Waals surface area contributed by atoms with E-state index in [1.165, 1.54) is 13.2 Å². The van der Waals surface area contributed by atoms with Gasteiger partial charge in [0.2, 0.25) is 5.91 Å². The van der Waals surface area contributed by atoms with E-state index in [1.807, 2.05) is 31.2 Å². The number of benzene rings is 2. The standard InChI is InChI=1S/C18H18ClNO3/c1-12-10-15(17(23-3)11-14(12)19)20-18(21)9-8-13-6-4-5-7-16(13)22-2/h4-11H,1-3H3,(H,20,21). The van der Waals surface area contributed by atoms with E-state index in [4.69, 9.17) is 21.1 Å². The molecule has 4 nitrogen and oxygen atoms in total. The summed E-state index contributed by atoms with van der Waals surface area (Å²) < 4.78 is 10.5. The van der Waals surface area contributed by atoms with Gasteiger partial charge in [0.15, 0.2) is 0 Å². The number of carbonyl (C=O) groups is 1. The minimum Gasteiger partial charge on any atom is -0.496 e. The molecule has 1 N–H and O–H groups in total. The Balaban J connectivity index is 2.17. The Bertz CT molecular complexity index is 741. The maximum Gasteiger partial charge on any atom is 0.248 e. The van der Waals surface area contributed by atoms with Gasteiger partial charge < -0.3 is 14.8 Å². The van der Waals surface area contributed by atoms with Gasteiger partial charge in [-0.2, -0.15) is 0 Å². The van der Waals surface area contributed by atoms with Crippen molar-refractivity contribution in [2.45, 2.75) is 6.92 Å². The van der Waals surface area contributed by atoms with Crippen LogP contribution in [0.1, 0.15) is 11.1 Å². The minimum atomic E-state index is -0.268. The zero-order valence-electron chi connectivity index (χ0n) is 13.2. The number of ether oxygens (including phenoxy) is 2. The summed E-state index contributed by atoms with van der Waals surface area (Å²) >= 11 is 6.06. The molecule has 2 aromatic carbocycles. The molecule has 0 fully saturated rings. The molecule has 0 unspecified atom stereocenters. The molecular formula is C18H18ClNO3. The van der Waals surface area contributed by atoms with E-state index in [0.29, 0.717) is 22.2 Å². The van der Waals surface area contributed by atoms with Crippen LogP contribution in [0.4, 0.5) is 5.69 Å². The van der Waals surface area contributed by atoms with Gasteiger partial charge in [-0.25, -0.2) is 0 Å². The summed E-state index contributed by atoms with van der Waals surface area (Å²) in [4.78, 5) is 12.1. The minimum absolute atomic E-state index is 0.268. The van der Waals surface area contributed by atoms with Gasteiger partial charge in [0.1, 0.15) is 11.5 Å². The smallest absolute Gasteiger partial charge is 0.248 e. The van der Waals surface area contributed by atoms with Crippen molar-refractivity contribution >= 4 is 29.3 Å². The Kier molecular flexibility index (Phi) is 5.66. The molecule has 0 atom stereocenters. The normalized spacial score (nSPS) is 10.6. The van der Waals surface area contributed by atoms with Crippen molar-refractivity contribution in [3.63, 3.8) is 0 Å². The number of methoxy groups -OCH3 is 2. The van der Waals surface area contributed by atoms with Gasteiger partial charge in [-0.1, -0.05) is 29.8 Å². The Morgan fingerprint density at radius 1 is 1.13 bits per heavy atom. The number of para-hydroxylation sites is 1. The summed E-state index contributed by atoms with van der Waals surface area (Å²) in [6, 6.07) is 10.9. The van der Waals surface area contributed by atoms with Crippen LogP contribution in [-0.4, -0.2) is 20.1 Å². The Morgan fingerprint density at radius 3 is 2.52 bits per heavy atom. The number of nitrogens with one attached hydrogen (secondary N) is 1. The predicted octanol–water partition coefficient (Wildman–Crippen LogP) is 4.32. The lowest BCUT2D eigenvalue weighted by Crippen LogP contribution is -2.09. The molecule has 2 aromatic rings. The quantitative estimate of drug-likeness (QED) is 0.830. The lowest BCUT2D eigenvalue weighted by atomic mass is 10.2. The first kappa shape index (κ1) is 16.9. The van der Waals surface area contributed by atoms with E-state index in [2.05, 4.69) is 5.32 Å². The summed E-state index contributed by atoms with van der Waals surface area (Å²) in [6.45, 7) is 1.86. The van der Waals surface area contributed by atoms with Crippen LogP contribution in [0.3, 0.4) is 0 Å². The lowest BCUT2D eigenvalue weighted by molar-refractivity contribution is -0.111. The Morgan fingerprint density at radius 2 is 1.83 bits per heavy atom. The molecule has 23 heavy (non-hydrogen) atoms. The first-order valence-electron chi connectivity index (χ1n) is 7.01. The van der Waals surface area contributed by atoms with E-state index >= 15 is 0 Å². The number of rotatable bonds is 5. The maximum absolute atomic E-state index is 12.1. The Labute approximate surface area is 140 Å². The van der Waals surface area contributed by atoms with Crippen LogP contribution in [0.15, 0.2) is 42.5 Å². The number of anilines is 1. The van der Waals surface area contributed by atoms with Gasteiger partial charge in [-0.05, 0) is 30.7 Å². The molecular weight excluding hydrogens is 314 g/mol. The van der Waals surface area contributed by atoms with Crippen molar-refractivity contribution in [1.29, 1.82) is 0 Å². The monoisotopic (exact) mass is 331 g/mol. The summed E-state index contributed by atoms with van der Waals surface area (Å²) in [5.74, 6) is 0.951. The average molecular weight is 332 g/mol. The zero-order valence-corrected chi connectivity index (χ0v) is 14.0. The van der Waals surface area contributed by atoms with E-state index in [-0.39, 0.29) is 5.91 Å². The predicted molar refractivity (Wildman–Crippen MR) is 93.4 cm³/mol. The number of amides is 1. The number of carbonyl (C=O) groups excluding carboxylic acids is 1. The number of aryl methyl sites for hydroxylation is 1. The number of hydrogen-bond acceptors (Lipinski definition) is 3. The van der Waals surface area contributed by atoms with Crippen molar-refractivity contribution in [2.24, 2.45) is 0 Å². The molecule has 0 aliphatic heterocycles. The van der Waals surface area contributed by atoms with Crippen molar-refractivity contribution in [3.05, 3.63) is 58.6 Å². The summed E-state index contributed by atoms with van der Waals surface area (Å²) in [7, 11) is 3.12. The van der Waals surface area contributed by atoms with Crippen molar-refractivity contribution in [2.75, 3.05) is 19.5 Å². The second kappa shape index (κ2) is 7.70. The van der Waals surface area contributed by atoms with Gasteiger partial charge in [-0.3, -0.25) is 4.79 Å². The molecule has 0 bridgehead atoms. The van der Waals surface area contributed by atoms with E-state index in [0.717, 1.165) is 11.1 Å². The molecule has 0 aliphatic carbocycles. The van der Waals surface area contributed by atoms with Crippen molar-refractivity contribution < 1.29 is 14.3 Å². The topological polar surface area (TPSA) is 47.6 Å². The largest absolute Gasteiger partial charge is 0.496 e. The van der Waals surface area contributed by atoms with Crippen LogP contribution >= 0.6 is 11.6 Å². The lowest BCUT2D eigenvalue weighted by Gasteiger charge is -2.11. The Hall–Kier alpha value is -2.46. The van der Waals surface area contributed by atoms with E-state index < -0.39 is 0 Å². The van der Waals surface area contributed by atoms with Gasteiger partial charge in [-0.15, -0.1) is 0 Å². The van der Waals surface area contributed by atoms with Crippen molar-refractivity contribution in [3.8, 4) is 11.5 Å². The molecule has 120 valence electrons. The van der Waals surface area contributed by atoms with Crippen LogP contribution in [0, 0.1) is 6.92 Å². The third kappa shape index (κ3) is 4.27. The molecule has 0 heterocycles. The van der Waals surface area contributed by atoms with Gasteiger partial charge in [0.05, 0.1) is 19.9 Å². The van der Waals surface area contributed by atoms with Crippen molar-refractivity contribution in [1.82, 2.24) is 0 Å². The van der Waals surface area contributed by atoms with Gasteiger partial charge >= 0.3 is 0 Å². The first-order chi connectivity index (χ1) is 11.0. The average Bonchev–Trinajstić information content (AvgIpc) is 2.56. The number of hydrogen-bond donors (Lipinski definition) is 1. The van der Waals surface area contributed by atoms with Gasteiger partial charge in [0, 0.05) is 22.7 Å². The molecule has 2 rings (SSSR count). The third-order valence-electron chi connectivity index (χ3n) is 3.29. The van der Waals surface area contributed by atoms with Crippen LogP contribution in [0.5, 0.6) is 11.5 Å². The SMILES string of the molecule is COc1ccccc1C=CC(=O)Nc1cc(C)c(Cl)cc1OC. The highest BCUT2D eigenvalue weighted by atomic mass is 35.5. The van der Waals surface area contributed by atoms with Gasteiger partial charge in [0.25, 0.3) is 0 Å².